The van der Waals surface area contributed by atoms with Gasteiger partial charge >= 0.3 is 0 Å². The lowest BCUT2D eigenvalue weighted by Gasteiger charge is -2.38. The molecule has 4 rings (SSSR count). The summed E-state index contributed by atoms with van der Waals surface area (Å²) in [6.45, 7) is 5.70. The van der Waals surface area contributed by atoms with Gasteiger partial charge in [0.15, 0.2) is 0 Å². The predicted octanol–water partition coefficient (Wildman–Crippen LogP) is 3.05. The Hall–Kier alpha value is -2.22. The van der Waals surface area contributed by atoms with Crippen molar-refractivity contribution in [2.24, 2.45) is 0 Å². The summed E-state index contributed by atoms with van der Waals surface area (Å²) in [5.74, 6) is 1.13. The van der Waals surface area contributed by atoms with Gasteiger partial charge in [0.05, 0.1) is 17.7 Å². The maximum Gasteiger partial charge on any atom is 0.230 e. The van der Waals surface area contributed by atoms with Gasteiger partial charge in [-0.1, -0.05) is 30.7 Å². The molecule has 3 atom stereocenters. The number of anilines is 1. The largest absolute Gasteiger partial charge is 0.387 e. The van der Waals surface area contributed by atoms with Crippen molar-refractivity contribution in [3.05, 3.63) is 52.4 Å². The third-order valence-corrected chi connectivity index (χ3v) is 6.86. The molecule has 172 valence electrons. The van der Waals surface area contributed by atoms with Gasteiger partial charge in [-0.2, -0.15) is 0 Å². The van der Waals surface area contributed by atoms with Gasteiger partial charge in [0, 0.05) is 36.8 Å². The summed E-state index contributed by atoms with van der Waals surface area (Å²) in [6.07, 6.45) is 2.49. The topological polar surface area (TPSA) is 72.8 Å². The van der Waals surface area contributed by atoms with E-state index < -0.39 is 6.10 Å². The van der Waals surface area contributed by atoms with E-state index in [0.717, 1.165) is 48.7 Å². The van der Waals surface area contributed by atoms with E-state index in [1.165, 1.54) is 0 Å². The Balaban J connectivity index is 1.47. The van der Waals surface area contributed by atoms with Crippen molar-refractivity contribution in [1.82, 2.24) is 19.8 Å². The third kappa shape index (κ3) is 4.75. The summed E-state index contributed by atoms with van der Waals surface area (Å²) in [5, 5.41) is 11.0. The van der Waals surface area contributed by atoms with E-state index in [2.05, 4.69) is 26.7 Å². The maximum absolute atomic E-state index is 13.5. The summed E-state index contributed by atoms with van der Waals surface area (Å²) >= 11 is 6.07. The molecule has 2 aliphatic rings. The standard InChI is InChI=1S/C24H32ClN5O2/c1-16-14-20(31)22-21(16)23(27-15-26-22)29-10-12-30(13-11-29)24(32)19(8-9-28(2)3)17-4-6-18(25)7-5-17/h4-7,15-16,19-20,31H,8-14H2,1-3H3/t16-,19?,20-/m1/s1. The van der Waals surface area contributed by atoms with Gasteiger partial charge in [-0.3, -0.25) is 4.79 Å². The van der Waals surface area contributed by atoms with Gasteiger partial charge in [-0.05, 0) is 57.1 Å². The van der Waals surface area contributed by atoms with E-state index in [-0.39, 0.29) is 17.7 Å². The van der Waals surface area contributed by atoms with E-state index in [9.17, 15) is 9.90 Å². The molecule has 1 aliphatic carbocycles. The molecule has 1 unspecified atom stereocenters. The number of hydrogen-bond donors (Lipinski definition) is 1. The zero-order valence-corrected chi connectivity index (χ0v) is 19.8. The Morgan fingerprint density at radius 1 is 1.19 bits per heavy atom. The molecule has 0 spiro atoms. The van der Waals surface area contributed by atoms with Crippen LogP contribution in [0.15, 0.2) is 30.6 Å². The second-order valence-corrected chi connectivity index (χ2v) is 9.59. The van der Waals surface area contributed by atoms with Gasteiger partial charge in [0.1, 0.15) is 12.1 Å². The van der Waals surface area contributed by atoms with E-state index in [1.807, 2.05) is 43.3 Å². The second-order valence-electron chi connectivity index (χ2n) is 9.16. The third-order valence-electron chi connectivity index (χ3n) is 6.61. The highest BCUT2D eigenvalue weighted by molar-refractivity contribution is 6.30. The van der Waals surface area contributed by atoms with Crippen LogP contribution in [0.25, 0.3) is 0 Å². The number of carbonyl (C=O) groups excluding carboxylic acids is 1. The quantitative estimate of drug-likeness (QED) is 0.718. The number of aliphatic hydroxyl groups is 1. The molecule has 2 heterocycles. The molecule has 0 saturated carbocycles. The first kappa shape index (κ1) is 23.0. The van der Waals surface area contributed by atoms with Gasteiger partial charge in [-0.25, -0.2) is 9.97 Å². The number of rotatable bonds is 6. The normalized spacial score (nSPS) is 21.7. The van der Waals surface area contributed by atoms with Crippen molar-refractivity contribution in [3.8, 4) is 0 Å². The van der Waals surface area contributed by atoms with Crippen LogP contribution in [-0.4, -0.2) is 77.6 Å². The lowest BCUT2D eigenvalue weighted by molar-refractivity contribution is -0.133. The highest BCUT2D eigenvalue weighted by Crippen LogP contribution is 2.42. The van der Waals surface area contributed by atoms with Gasteiger partial charge in [0.2, 0.25) is 5.91 Å². The smallest absolute Gasteiger partial charge is 0.230 e. The fourth-order valence-corrected chi connectivity index (χ4v) is 4.95. The van der Waals surface area contributed by atoms with Crippen molar-refractivity contribution in [3.63, 3.8) is 0 Å². The number of nitrogens with zero attached hydrogens (tertiary/aromatic N) is 5. The minimum Gasteiger partial charge on any atom is -0.387 e. The average Bonchev–Trinajstić information content (AvgIpc) is 3.08. The summed E-state index contributed by atoms with van der Waals surface area (Å²) in [7, 11) is 4.06. The van der Waals surface area contributed by atoms with Gasteiger partial charge in [0.25, 0.3) is 0 Å². The fraction of sp³-hybridized carbons (Fsp3) is 0.542. The molecular formula is C24H32ClN5O2. The number of hydrogen-bond acceptors (Lipinski definition) is 6. The molecule has 1 saturated heterocycles. The van der Waals surface area contributed by atoms with Crippen LogP contribution in [0.1, 0.15) is 54.5 Å². The van der Waals surface area contributed by atoms with Crippen LogP contribution in [0.2, 0.25) is 5.02 Å². The Kier molecular flexibility index (Phi) is 6.98. The molecule has 1 aromatic heterocycles. The summed E-state index contributed by atoms with van der Waals surface area (Å²) in [6, 6.07) is 7.65. The highest BCUT2D eigenvalue weighted by Gasteiger charge is 2.35. The van der Waals surface area contributed by atoms with Crippen molar-refractivity contribution in [1.29, 1.82) is 0 Å². The molecule has 1 fully saturated rings. The predicted molar refractivity (Wildman–Crippen MR) is 126 cm³/mol. The monoisotopic (exact) mass is 457 g/mol. The van der Waals surface area contributed by atoms with Gasteiger partial charge in [-0.15, -0.1) is 0 Å². The molecule has 32 heavy (non-hydrogen) atoms. The van der Waals surface area contributed by atoms with Crippen molar-refractivity contribution in [2.75, 3.05) is 51.7 Å². The molecule has 8 heteroatoms. The van der Waals surface area contributed by atoms with E-state index in [0.29, 0.717) is 24.5 Å². The van der Waals surface area contributed by atoms with Crippen LogP contribution in [0.4, 0.5) is 5.82 Å². The van der Waals surface area contributed by atoms with E-state index >= 15 is 0 Å². The molecule has 1 amide bonds. The SMILES string of the molecule is C[C@@H]1C[C@@H](O)c2ncnc(N3CCN(C(=O)C(CCN(C)C)c4ccc(Cl)cc4)CC3)c21. The summed E-state index contributed by atoms with van der Waals surface area (Å²) < 4.78 is 0. The number of aliphatic hydroxyl groups excluding tert-OH is 1. The van der Waals surface area contributed by atoms with E-state index in [1.54, 1.807) is 6.33 Å². The molecule has 0 radical (unpaired) electrons. The second kappa shape index (κ2) is 9.73. The van der Waals surface area contributed by atoms with Crippen LogP contribution in [0.3, 0.4) is 0 Å². The molecule has 1 aromatic carbocycles. The first-order valence-electron chi connectivity index (χ1n) is 11.3. The summed E-state index contributed by atoms with van der Waals surface area (Å²) in [4.78, 5) is 28.7. The van der Waals surface area contributed by atoms with Crippen molar-refractivity contribution in [2.45, 2.75) is 37.7 Å². The lowest BCUT2D eigenvalue weighted by Crippen LogP contribution is -2.50. The molecule has 7 nitrogen and oxygen atoms in total. The van der Waals surface area contributed by atoms with Crippen molar-refractivity contribution < 1.29 is 9.90 Å². The number of aromatic nitrogens is 2. The fourth-order valence-electron chi connectivity index (χ4n) is 4.83. The lowest BCUT2D eigenvalue weighted by atomic mass is 9.93. The maximum atomic E-state index is 13.5. The van der Waals surface area contributed by atoms with Crippen LogP contribution in [0.5, 0.6) is 0 Å². The Morgan fingerprint density at radius 2 is 1.88 bits per heavy atom. The van der Waals surface area contributed by atoms with Crippen molar-refractivity contribution >= 4 is 23.3 Å². The van der Waals surface area contributed by atoms with Crippen LogP contribution >= 0.6 is 11.6 Å². The zero-order valence-electron chi connectivity index (χ0n) is 19.0. The number of piperazine rings is 1. The first-order chi connectivity index (χ1) is 15.3. The molecular weight excluding hydrogens is 426 g/mol. The Bertz CT molecular complexity index is 944. The molecule has 1 aliphatic heterocycles. The van der Waals surface area contributed by atoms with Crippen LogP contribution in [-0.2, 0) is 4.79 Å². The zero-order chi connectivity index (χ0) is 22.8. The average molecular weight is 458 g/mol. The summed E-state index contributed by atoms with van der Waals surface area (Å²) in [5.41, 5.74) is 2.83. The minimum absolute atomic E-state index is 0.172. The molecule has 0 bridgehead atoms. The van der Waals surface area contributed by atoms with Gasteiger partial charge < -0.3 is 19.8 Å². The molecule has 1 N–H and O–H groups in total. The number of fused-ring (bicyclic) bond motifs is 1. The number of carbonyl (C=O) groups is 1. The van der Waals surface area contributed by atoms with E-state index in [4.69, 9.17) is 11.6 Å². The number of halogens is 1. The molecule has 2 aromatic rings. The van der Waals surface area contributed by atoms with Crippen LogP contribution in [0, 0.1) is 0 Å². The number of benzene rings is 1. The highest BCUT2D eigenvalue weighted by atomic mass is 35.5. The first-order valence-corrected chi connectivity index (χ1v) is 11.7. The Morgan fingerprint density at radius 3 is 2.53 bits per heavy atom. The van der Waals surface area contributed by atoms with Crippen LogP contribution < -0.4 is 4.90 Å². The minimum atomic E-state index is -0.513. The number of amides is 1. The Labute approximate surface area is 195 Å².